The maximum absolute atomic E-state index is 12.1. The first kappa shape index (κ1) is 20.9. The summed E-state index contributed by atoms with van der Waals surface area (Å²) in [6, 6.07) is 9.63. The Morgan fingerprint density at radius 1 is 1.04 bits per heavy atom. The van der Waals surface area contributed by atoms with Crippen molar-refractivity contribution >= 4 is 17.6 Å². The van der Waals surface area contributed by atoms with Crippen LogP contribution in [0.4, 0.5) is 5.69 Å². The molecule has 4 heteroatoms. The minimum Gasteiger partial charge on any atom is -0.463 e. The number of carbonyl (C=O) groups excluding carboxylic acids is 2. The lowest BCUT2D eigenvalue weighted by Crippen LogP contribution is -2.25. The second-order valence-electron chi connectivity index (χ2n) is 6.16. The van der Waals surface area contributed by atoms with Crippen LogP contribution in [0, 0.1) is 0 Å². The van der Waals surface area contributed by atoms with Crippen molar-refractivity contribution in [2.24, 2.45) is 0 Å². The Morgan fingerprint density at radius 2 is 1.80 bits per heavy atom. The van der Waals surface area contributed by atoms with Gasteiger partial charge in [0.25, 0.3) is 0 Å². The van der Waals surface area contributed by atoms with Crippen molar-refractivity contribution < 1.29 is 14.3 Å². The topological polar surface area (TPSA) is 46.6 Å². The van der Waals surface area contributed by atoms with Crippen molar-refractivity contribution in [1.82, 2.24) is 0 Å². The summed E-state index contributed by atoms with van der Waals surface area (Å²) in [4.78, 5) is 25.3. The van der Waals surface area contributed by atoms with Crippen molar-refractivity contribution in [3.8, 4) is 0 Å². The molecular weight excluding hydrogens is 314 g/mol. The molecular formula is C21H31NO3. The molecule has 1 aromatic rings. The predicted octanol–water partition coefficient (Wildman–Crippen LogP) is 4.89. The first-order valence-corrected chi connectivity index (χ1v) is 9.30. The molecule has 25 heavy (non-hydrogen) atoms. The molecule has 1 aromatic carbocycles. The number of nitrogens with zero attached hydrogens (tertiary/aromatic N) is 1. The average molecular weight is 345 g/mol. The minimum absolute atomic E-state index is 0.113. The van der Waals surface area contributed by atoms with E-state index in [2.05, 4.69) is 6.92 Å². The van der Waals surface area contributed by atoms with Crippen molar-refractivity contribution in [1.29, 1.82) is 0 Å². The molecule has 138 valence electrons. The largest absolute Gasteiger partial charge is 0.463 e. The van der Waals surface area contributed by atoms with Gasteiger partial charge in [-0.25, -0.2) is 4.79 Å². The Hall–Kier alpha value is -2.10. The summed E-state index contributed by atoms with van der Waals surface area (Å²) in [5.74, 6) is -0.155. The molecule has 1 amide bonds. The SMILES string of the molecule is CCCCCCOC(=O)/C=C/CCCCC(=O)N(C)c1ccccc1. The van der Waals surface area contributed by atoms with E-state index in [4.69, 9.17) is 4.74 Å². The molecule has 0 aliphatic rings. The highest BCUT2D eigenvalue weighted by atomic mass is 16.5. The van der Waals surface area contributed by atoms with Gasteiger partial charge in [-0.15, -0.1) is 0 Å². The summed E-state index contributed by atoms with van der Waals surface area (Å²) in [7, 11) is 1.80. The second kappa shape index (κ2) is 13.2. The zero-order chi connectivity index (χ0) is 18.3. The Labute approximate surface area is 151 Å². The van der Waals surface area contributed by atoms with E-state index in [1.807, 2.05) is 36.4 Å². The first-order valence-electron chi connectivity index (χ1n) is 9.30. The van der Waals surface area contributed by atoms with Gasteiger partial charge in [0, 0.05) is 25.2 Å². The Kier molecular flexibility index (Phi) is 11.1. The van der Waals surface area contributed by atoms with E-state index in [9.17, 15) is 9.59 Å². The Morgan fingerprint density at radius 3 is 2.52 bits per heavy atom. The minimum atomic E-state index is -0.267. The summed E-state index contributed by atoms with van der Waals surface area (Å²) in [5, 5.41) is 0. The molecule has 4 nitrogen and oxygen atoms in total. The number of rotatable bonds is 12. The smallest absolute Gasteiger partial charge is 0.330 e. The normalized spacial score (nSPS) is 10.8. The maximum atomic E-state index is 12.1. The third-order valence-electron chi connectivity index (χ3n) is 4.03. The van der Waals surface area contributed by atoms with Crippen LogP contribution < -0.4 is 4.90 Å². The number of carbonyl (C=O) groups is 2. The molecule has 0 fully saturated rings. The number of esters is 1. The third kappa shape index (κ3) is 9.70. The predicted molar refractivity (Wildman–Crippen MR) is 103 cm³/mol. The molecule has 0 spiro atoms. The molecule has 0 aromatic heterocycles. The molecule has 0 saturated carbocycles. The number of para-hydroxylation sites is 1. The maximum Gasteiger partial charge on any atom is 0.330 e. The van der Waals surface area contributed by atoms with Crippen molar-refractivity contribution in [3.63, 3.8) is 0 Å². The van der Waals surface area contributed by atoms with Crippen molar-refractivity contribution in [2.75, 3.05) is 18.6 Å². The fourth-order valence-corrected chi connectivity index (χ4v) is 2.43. The highest BCUT2D eigenvalue weighted by Crippen LogP contribution is 2.13. The number of ether oxygens (including phenoxy) is 1. The monoisotopic (exact) mass is 345 g/mol. The van der Waals surface area contributed by atoms with E-state index in [-0.39, 0.29) is 11.9 Å². The highest BCUT2D eigenvalue weighted by molar-refractivity contribution is 5.92. The number of hydrogen-bond donors (Lipinski definition) is 0. The summed E-state index contributed by atoms with van der Waals surface area (Å²) in [6.45, 7) is 2.66. The molecule has 0 aliphatic carbocycles. The fraction of sp³-hybridized carbons (Fsp3) is 0.524. The van der Waals surface area contributed by atoms with Crippen molar-refractivity contribution in [3.05, 3.63) is 42.5 Å². The van der Waals surface area contributed by atoms with Crippen LogP contribution in [0.3, 0.4) is 0 Å². The van der Waals surface area contributed by atoms with Crippen molar-refractivity contribution in [2.45, 2.75) is 58.3 Å². The van der Waals surface area contributed by atoms with Gasteiger partial charge in [0.1, 0.15) is 0 Å². The summed E-state index contributed by atoms with van der Waals surface area (Å²) in [6.07, 6.45) is 10.7. The quantitative estimate of drug-likeness (QED) is 0.308. The van der Waals surface area contributed by atoms with Gasteiger partial charge >= 0.3 is 5.97 Å². The molecule has 0 N–H and O–H groups in total. The van der Waals surface area contributed by atoms with E-state index >= 15 is 0 Å². The molecule has 0 atom stereocenters. The molecule has 0 bridgehead atoms. The van der Waals surface area contributed by atoms with E-state index in [0.29, 0.717) is 13.0 Å². The van der Waals surface area contributed by atoms with Crippen LogP contribution in [0.25, 0.3) is 0 Å². The van der Waals surface area contributed by atoms with Crippen LogP contribution in [-0.4, -0.2) is 25.5 Å². The van der Waals surface area contributed by atoms with Crippen LogP contribution in [0.5, 0.6) is 0 Å². The van der Waals surface area contributed by atoms with Crippen LogP contribution in [0.15, 0.2) is 42.5 Å². The number of anilines is 1. The van der Waals surface area contributed by atoms with Crippen LogP contribution in [0.1, 0.15) is 58.3 Å². The zero-order valence-electron chi connectivity index (χ0n) is 15.6. The lowest BCUT2D eigenvalue weighted by atomic mass is 10.1. The molecule has 0 aliphatic heterocycles. The van der Waals surface area contributed by atoms with Gasteiger partial charge in [-0.3, -0.25) is 4.79 Å². The van der Waals surface area contributed by atoms with Crippen LogP contribution in [0.2, 0.25) is 0 Å². The van der Waals surface area contributed by atoms with Gasteiger partial charge in [0.05, 0.1) is 6.61 Å². The van der Waals surface area contributed by atoms with E-state index in [0.717, 1.165) is 37.8 Å². The third-order valence-corrected chi connectivity index (χ3v) is 4.03. The van der Waals surface area contributed by atoms with Crippen LogP contribution >= 0.6 is 0 Å². The standard InChI is InChI=1S/C21H31NO3/c1-3-4-5-13-18-25-21(24)17-12-7-6-11-16-20(23)22(2)19-14-9-8-10-15-19/h8-10,12,14-15,17H,3-7,11,13,16,18H2,1-2H3/b17-12+. The van der Waals surface area contributed by atoms with Gasteiger partial charge in [-0.1, -0.05) is 50.5 Å². The number of amides is 1. The van der Waals surface area contributed by atoms with E-state index in [1.165, 1.54) is 18.9 Å². The van der Waals surface area contributed by atoms with E-state index < -0.39 is 0 Å². The molecule has 0 radical (unpaired) electrons. The highest BCUT2D eigenvalue weighted by Gasteiger charge is 2.09. The van der Waals surface area contributed by atoms with Gasteiger partial charge in [0.2, 0.25) is 5.91 Å². The number of hydrogen-bond acceptors (Lipinski definition) is 3. The van der Waals surface area contributed by atoms with E-state index in [1.54, 1.807) is 11.9 Å². The fourth-order valence-electron chi connectivity index (χ4n) is 2.43. The summed E-state index contributed by atoms with van der Waals surface area (Å²) < 4.78 is 5.13. The summed E-state index contributed by atoms with van der Waals surface area (Å²) in [5.41, 5.74) is 0.911. The first-order chi connectivity index (χ1) is 12.1. The number of allylic oxidation sites excluding steroid dienone is 1. The zero-order valence-corrected chi connectivity index (χ0v) is 15.6. The second-order valence-corrected chi connectivity index (χ2v) is 6.16. The Bertz CT molecular complexity index is 525. The summed E-state index contributed by atoms with van der Waals surface area (Å²) >= 11 is 0. The van der Waals surface area contributed by atoms with Gasteiger partial charge in [0.15, 0.2) is 0 Å². The molecule has 0 unspecified atom stereocenters. The number of unbranched alkanes of at least 4 members (excludes halogenated alkanes) is 5. The average Bonchev–Trinajstić information content (AvgIpc) is 2.64. The van der Waals surface area contributed by atoms with Crippen LogP contribution in [-0.2, 0) is 14.3 Å². The van der Waals surface area contributed by atoms with Gasteiger partial charge < -0.3 is 9.64 Å². The lowest BCUT2D eigenvalue weighted by Gasteiger charge is -2.16. The molecule has 0 heterocycles. The Balaban J connectivity index is 2.09. The molecule has 1 rings (SSSR count). The molecule has 0 saturated heterocycles. The van der Waals surface area contributed by atoms with Gasteiger partial charge in [-0.05, 0) is 37.8 Å². The van der Waals surface area contributed by atoms with Gasteiger partial charge in [-0.2, -0.15) is 0 Å². The lowest BCUT2D eigenvalue weighted by molar-refractivity contribution is -0.137. The number of benzene rings is 1.